The van der Waals surface area contributed by atoms with E-state index in [9.17, 15) is 5.26 Å². The Morgan fingerprint density at radius 1 is 1.22 bits per heavy atom. The van der Waals surface area contributed by atoms with Crippen molar-refractivity contribution in [2.24, 2.45) is 0 Å². The molecule has 1 atom stereocenters. The number of nitrogens with zero attached hydrogens (tertiary/aromatic N) is 8. The minimum absolute atomic E-state index is 0.332. The monoisotopic (exact) mass is 365 g/mol. The Morgan fingerprint density at radius 2 is 2.04 bits per heavy atom. The average molecular weight is 365 g/mol. The van der Waals surface area contributed by atoms with E-state index in [1.807, 2.05) is 6.92 Å². The zero-order valence-corrected chi connectivity index (χ0v) is 14.9. The van der Waals surface area contributed by atoms with E-state index in [0.717, 1.165) is 0 Å². The van der Waals surface area contributed by atoms with Gasteiger partial charge in [-0.05, 0) is 6.42 Å². The van der Waals surface area contributed by atoms with Crippen molar-refractivity contribution in [3.05, 3.63) is 18.7 Å². The van der Waals surface area contributed by atoms with Gasteiger partial charge in [0, 0.05) is 13.1 Å². The maximum Gasteiger partial charge on any atom is 0.228 e. The zero-order chi connectivity index (χ0) is 18.8. The van der Waals surface area contributed by atoms with Gasteiger partial charge in [0.15, 0.2) is 5.65 Å². The van der Waals surface area contributed by atoms with Crippen LogP contribution in [0.2, 0.25) is 0 Å². The molecule has 10 nitrogen and oxygen atoms in total. The molecule has 138 valence electrons. The smallest absolute Gasteiger partial charge is 0.228 e. The van der Waals surface area contributed by atoms with Crippen LogP contribution >= 0.6 is 0 Å². The lowest BCUT2D eigenvalue weighted by atomic mass is 10.2. The molecule has 1 aliphatic heterocycles. The highest BCUT2D eigenvalue weighted by molar-refractivity contribution is 5.87. The Kier molecular flexibility index (Phi) is 4.52. The highest BCUT2D eigenvalue weighted by atomic mass is 16.5. The number of nitrogen functional groups attached to an aromatic ring is 1. The molecule has 1 fully saturated rings. The van der Waals surface area contributed by atoms with Gasteiger partial charge < -0.3 is 15.4 Å². The van der Waals surface area contributed by atoms with Crippen molar-refractivity contribution in [1.82, 2.24) is 29.5 Å². The number of rotatable bonds is 4. The van der Waals surface area contributed by atoms with Crippen LogP contribution in [0.1, 0.15) is 19.4 Å². The predicted octanol–water partition coefficient (Wildman–Crippen LogP) is 1.18. The highest BCUT2D eigenvalue weighted by Gasteiger charge is 2.22. The number of hydrogen-bond acceptors (Lipinski definition) is 9. The van der Waals surface area contributed by atoms with Crippen LogP contribution in [0, 0.1) is 11.3 Å². The lowest BCUT2D eigenvalue weighted by molar-refractivity contribution is 0.122. The largest absolute Gasteiger partial charge is 0.382 e. The summed E-state index contributed by atoms with van der Waals surface area (Å²) in [6.07, 6.45) is 5.34. The van der Waals surface area contributed by atoms with E-state index >= 15 is 0 Å². The number of fused-ring (bicyclic) bond motifs is 1. The van der Waals surface area contributed by atoms with Crippen molar-refractivity contribution in [1.29, 1.82) is 5.26 Å². The number of nitrogens with two attached hydrogens (primary N) is 1. The van der Waals surface area contributed by atoms with Gasteiger partial charge in [-0.25, -0.2) is 19.9 Å². The topological polar surface area (TPSA) is 132 Å². The third kappa shape index (κ3) is 3.13. The van der Waals surface area contributed by atoms with Gasteiger partial charge in [0.25, 0.3) is 0 Å². The van der Waals surface area contributed by atoms with E-state index in [4.69, 9.17) is 20.4 Å². The zero-order valence-electron chi connectivity index (χ0n) is 14.9. The number of aromatic nitrogens is 6. The molecular weight excluding hydrogens is 346 g/mol. The molecule has 0 aliphatic carbocycles. The third-order valence-electron chi connectivity index (χ3n) is 4.49. The molecule has 1 aliphatic rings. The van der Waals surface area contributed by atoms with E-state index in [1.54, 1.807) is 17.1 Å². The first-order chi connectivity index (χ1) is 13.2. The van der Waals surface area contributed by atoms with Gasteiger partial charge in [0.05, 0.1) is 38.0 Å². The molecule has 1 saturated heterocycles. The number of ether oxygens (including phenoxy) is 1. The fourth-order valence-corrected chi connectivity index (χ4v) is 3.03. The maximum absolute atomic E-state index is 9.49. The summed E-state index contributed by atoms with van der Waals surface area (Å²) in [5, 5.41) is 9.49. The Hall–Kier alpha value is -3.32. The van der Waals surface area contributed by atoms with E-state index in [-0.39, 0.29) is 6.04 Å². The predicted molar refractivity (Wildman–Crippen MR) is 98.7 cm³/mol. The van der Waals surface area contributed by atoms with E-state index in [1.165, 1.54) is 6.20 Å². The van der Waals surface area contributed by atoms with Crippen LogP contribution in [0.4, 0.5) is 11.8 Å². The molecular formula is C17H19N9O. The first-order valence-corrected chi connectivity index (χ1v) is 8.76. The summed E-state index contributed by atoms with van der Waals surface area (Å²) in [7, 11) is 0. The molecule has 2 N–H and O–H groups in total. The Bertz CT molecular complexity index is 986. The summed E-state index contributed by atoms with van der Waals surface area (Å²) >= 11 is 0. The van der Waals surface area contributed by atoms with Gasteiger partial charge >= 0.3 is 0 Å². The second-order valence-electron chi connectivity index (χ2n) is 6.18. The van der Waals surface area contributed by atoms with Crippen molar-refractivity contribution >= 4 is 22.9 Å². The van der Waals surface area contributed by atoms with Crippen LogP contribution in [0.15, 0.2) is 18.7 Å². The molecule has 0 spiro atoms. The minimum Gasteiger partial charge on any atom is -0.382 e. The summed E-state index contributed by atoms with van der Waals surface area (Å²) in [6, 6.07) is 1.94. The highest BCUT2D eigenvalue weighted by Crippen LogP contribution is 2.28. The van der Waals surface area contributed by atoms with Crippen molar-refractivity contribution in [2.75, 3.05) is 36.9 Å². The third-order valence-corrected chi connectivity index (χ3v) is 4.49. The first-order valence-electron chi connectivity index (χ1n) is 8.76. The number of nitriles is 1. The molecule has 4 heterocycles. The van der Waals surface area contributed by atoms with Crippen LogP contribution < -0.4 is 10.6 Å². The van der Waals surface area contributed by atoms with Crippen molar-refractivity contribution in [3.63, 3.8) is 0 Å². The molecule has 3 aromatic rings. The van der Waals surface area contributed by atoms with Gasteiger partial charge in [-0.2, -0.15) is 10.2 Å². The molecule has 0 radical (unpaired) electrons. The molecule has 0 saturated carbocycles. The van der Waals surface area contributed by atoms with Gasteiger partial charge in [-0.3, -0.25) is 4.57 Å². The van der Waals surface area contributed by atoms with Crippen LogP contribution in [-0.2, 0) is 4.74 Å². The summed E-state index contributed by atoms with van der Waals surface area (Å²) in [6.45, 7) is 4.58. The standard InChI is InChI=1S/C17H19N9O/c1-2-11(7-18)26-10-22-15-14(12-8-21-13(19)9-20-12)23-17(24-16(15)26)25-3-5-27-6-4-25/h8-11H,2-6H2,1H3,(H2,19,21). The fraction of sp³-hybridized carbons (Fsp3) is 0.412. The molecule has 0 aromatic carbocycles. The van der Waals surface area contributed by atoms with Crippen molar-refractivity contribution in [3.8, 4) is 17.5 Å². The van der Waals surface area contributed by atoms with E-state index in [0.29, 0.717) is 67.0 Å². The van der Waals surface area contributed by atoms with Crippen LogP contribution in [0.5, 0.6) is 0 Å². The quantitative estimate of drug-likeness (QED) is 0.723. The summed E-state index contributed by atoms with van der Waals surface area (Å²) < 4.78 is 7.21. The summed E-state index contributed by atoms with van der Waals surface area (Å²) in [5.74, 6) is 0.896. The van der Waals surface area contributed by atoms with Gasteiger partial charge in [0.1, 0.15) is 28.8 Å². The molecule has 10 heteroatoms. The summed E-state index contributed by atoms with van der Waals surface area (Å²) in [4.78, 5) is 24.4. The van der Waals surface area contributed by atoms with Crippen LogP contribution in [0.3, 0.4) is 0 Å². The Balaban J connectivity index is 1.92. The SMILES string of the molecule is CCC(C#N)n1cnc2c(-c3cnc(N)cn3)nc(N3CCOCC3)nc21. The number of hydrogen-bond donors (Lipinski definition) is 1. The van der Waals surface area contributed by atoms with Crippen molar-refractivity contribution in [2.45, 2.75) is 19.4 Å². The molecule has 3 aromatic heterocycles. The van der Waals surface area contributed by atoms with Gasteiger partial charge in [0.2, 0.25) is 5.95 Å². The van der Waals surface area contributed by atoms with Gasteiger partial charge in [-0.1, -0.05) is 6.92 Å². The average Bonchev–Trinajstić information content (AvgIpc) is 3.14. The minimum atomic E-state index is -0.354. The van der Waals surface area contributed by atoms with E-state index < -0.39 is 0 Å². The van der Waals surface area contributed by atoms with Crippen molar-refractivity contribution < 1.29 is 4.74 Å². The lowest BCUT2D eigenvalue weighted by Crippen LogP contribution is -2.37. The maximum atomic E-state index is 9.49. The molecule has 1 unspecified atom stereocenters. The molecule has 4 rings (SSSR count). The number of morpholine rings is 1. The fourth-order valence-electron chi connectivity index (χ4n) is 3.03. The number of anilines is 2. The molecule has 27 heavy (non-hydrogen) atoms. The molecule has 0 bridgehead atoms. The Labute approximate surface area is 155 Å². The van der Waals surface area contributed by atoms with Gasteiger partial charge in [-0.15, -0.1) is 0 Å². The lowest BCUT2D eigenvalue weighted by Gasteiger charge is -2.27. The normalized spacial score (nSPS) is 15.6. The second kappa shape index (κ2) is 7.13. The Morgan fingerprint density at radius 3 is 2.70 bits per heavy atom. The number of imidazole rings is 1. The first kappa shape index (κ1) is 17.1. The second-order valence-corrected chi connectivity index (χ2v) is 6.18. The van der Waals surface area contributed by atoms with E-state index in [2.05, 4.69) is 25.9 Å². The van der Waals surface area contributed by atoms with Crippen LogP contribution in [0.25, 0.3) is 22.6 Å². The van der Waals surface area contributed by atoms with Crippen LogP contribution in [-0.4, -0.2) is 55.8 Å². The molecule has 0 amide bonds. The summed E-state index contributed by atoms with van der Waals surface area (Å²) in [5.41, 5.74) is 7.97.